The molecule has 1 N–H and O–H groups in total. The number of anilines is 1. The highest BCUT2D eigenvalue weighted by molar-refractivity contribution is 5.76. The average Bonchev–Trinajstić information content (AvgIpc) is 2.37. The van der Waals surface area contributed by atoms with Crippen molar-refractivity contribution in [1.82, 2.24) is 0 Å². The van der Waals surface area contributed by atoms with Crippen LogP contribution in [0.3, 0.4) is 0 Å². The number of carbonyl (C=O) groups is 1. The van der Waals surface area contributed by atoms with Gasteiger partial charge in [0.2, 0.25) is 0 Å². The molecule has 0 aromatic heterocycles. The Bertz CT molecular complexity index is 392. The van der Waals surface area contributed by atoms with Crippen molar-refractivity contribution in [2.24, 2.45) is 0 Å². The Morgan fingerprint density at radius 3 is 2.06 bits per heavy atom. The molecule has 0 aliphatic heterocycles. The van der Waals surface area contributed by atoms with Gasteiger partial charge in [0.25, 0.3) is 0 Å². The Labute approximate surface area is 107 Å². The molecule has 0 saturated carbocycles. The van der Waals surface area contributed by atoms with Crippen LogP contribution in [0.1, 0.15) is 13.3 Å². The molecule has 0 aliphatic rings. The first-order chi connectivity index (χ1) is 8.62. The topological polar surface area (TPSA) is 56.8 Å². The number of hydrogen-bond acceptors (Lipinski definition) is 5. The van der Waals surface area contributed by atoms with Gasteiger partial charge in [-0.3, -0.25) is 4.79 Å². The lowest BCUT2D eigenvalue weighted by molar-refractivity contribution is -0.116. The summed E-state index contributed by atoms with van der Waals surface area (Å²) >= 11 is 0. The Hall–Kier alpha value is -1.91. The van der Waals surface area contributed by atoms with Gasteiger partial charge >= 0.3 is 0 Å². The van der Waals surface area contributed by atoms with Gasteiger partial charge in [0.1, 0.15) is 28.7 Å². The number of carbonyl (C=O) groups excluding carboxylic acids is 1. The fourth-order valence-electron chi connectivity index (χ4n) is 1.54. The molecule has 0 amide bonds. The highest BCUT2D eigenvalue weighted by Gasteiger charge is 2.12. The highest BCUT2D eigenvalue weighted by Crippen LogP contribution is 2.38. The number of ketones is 1. The summed E-state index contributed by atoms with van der Waals surface area (Å²) in [6.45, 7) is 2.10. The van der Waals surface area contributed by atoms with E-state index in [0.29, 0.717) is 30.2 Å². The first-order valence-electron chi connectivity index (χ1n) is 5.65. The van der Waals surface area contributed by atoms with E-state index in [-0.39, 0.29) is 5.78 Å². The van der Waals surface area contributed by atoms with E-state index in [2.05, 4.69) is 5.32 Å². The van der Waals surface area contributed by atoms with E-state index in [9.17, 15) is 4.79 Å². The van der Waals surface area contributed by atoms with Crippen molar-refractivity contribution in [3.05, 3.63) is 12.1 Å². The van der Waals surface area contributed by atoms with Gasteiger partial charge in [0.05, 0.1) is 21.3 Å². The van der Waals surface area contributed by atoms with Crippen molar-refractivity contribution in [2.45, 2.75) is 13.3 Å². The van der Waals surface area contributed by atoms with Crippen LogP contribution in [-0.4, -0.2) is 33.7 Å². The minimum Gasteiger partial charge on any atom is -0.496 e. The monoisotopic (exact) mass is 253 g/mol. The summed E-state index contributed by atoms with van der Waals surface area (Å²) in [6, 6.07) is 3.53. The van der Waals surface area contributed by atoms with E-state index in [1.165, 1.54) is 0 Å². The van der Waals surface area contributed by atoms with E-state index in [0.717, 1.165) is 5.69 Å². The van der Waals surface area contributed by atoms with Crippen molar-refractivity contribution in [1.29, 1.82) is 0 Å². The Kier molecular flexibility index (Phi) is 5.30. The van der Waals surface area contributed by atoms with Gasteiger partial charge in [-0.1, -0.05) is 0 Å². The zero-order chi connectivity index (χ0) is 13.5. The summed E-state index contributed by atoms with van der Waals surface area (Å²) in [4.78, 5) is 10.9. The van der Waals surface area contributed by atoms with E-state index < -0.39 is 0 Å². The number of rotatable bonds is 7. The third-order valence-electron chi connectivity index (χ3n) is 2.49. The molecule has 0 atom stereocenters. The first kappa shape index (κ1) is 14.2. The average molecular weight is 253 g/mol. The number of nitrogens with one attached hydrogen (secondary N) is 1. The maximum atomic E-state index is 10.9. The zero-order valence-corrected chi connectivity index (χ0v) is 11.2. The molecule has 18 heavy (non-hydrogen) atoms. The smallest absolute Gasteiger partial charge is 0.149 e. The molecular weight excluding hydrogens is 234 g/mol. The molecule has 0 bridgehead atoms. The summed E-state index contributed by atoms with van der Waals surface area (Å²) in [5.74, 6) is 2.03. The normalized spacial score (nSPS) is 9.78. The fraction of sp³-hybridized carbons (Fsp3) is 0.462. The predicted molar refractivity (Wildman–Crippen MR) is 69.9 cm³/mol. The largest absolute Gasteiger partial charge is 0.496 e. The van der Waals surface area contributed by atoms with E-state index in [4.69, 9.17) is 14.2 Å². The summed E-state index contributed by atoms with van der Waals surface area (Å²) in [5, 5.41) is 3.14. The van der Waals surface area contributed by atoms with Crippen LogP contribution in [0.5, 0.6) is 17.2 Å². The van der Waals surface area contributed by atoms with Gasteiger partial charge in [-0.25, -0.2) is 0 Å². The molecule has 0 unspecified atom stereocenters. The number of benzene rings is 1. The third kappa shape index (κ3) is 3.55. The molecule has 0 radical (unpaired) electrons. The fourth-order valence-corrected chi connectivity index (χ4v) is 1.54. The summed E-state index contributed by atoms with van der Waals surface area (Å²) in [6.07, 6.45) is 0.457. The molecule has 0 fully saturated rings. The van der Waals surface area contributed by atoms with Gasteiger partial charge in [-0.15, -0.1) is 0 Å². The van der Waals surface area contributed by atoms with Crippen LogP contribution in [0.4, 0.5) is 5.69 Å². The molecule has 1 aromatic rings. The second-order valence-corrected chi connectivity index (χ2v) is 3.79. The van der Waals surface area contributed by atoms with E-state index >= 15 is 0 Å². The molecular formula is C13H19NO4. The molecule has 1 aromatic carbocycles. The summed E-state index contributed by atoms with van der Waals surface area (Å²) in [5.41, 5.74) is 0.724. The number of methoxy groups -OCH3 is 3. The third-order valence-corrected chi connectivity index (χ3v) is 2.49. The molecule has 1 rings (SSSR count). The molecule has 0 spiro atoms. The molecule has 5 heteroatoms. The first-order valence-corrected chi connectivity index (χ1v) is 5.65. The standard InChI is InChI=1S/C13H19NO4/c1-9(15)5-6-14-13-11(17-3)7-10(16-2)8-12(13)18-4/h7-8,14H,5-6H2,1-4H3. The number of ether oxygens (including phenoxy) is 3. The molecule has 0 heterocycles. The quantitative estimate of drug-likeness (QED) is 0.806. The molecule has 0 aliphatic carbocycles. The van der Waals surface area contributed by atoms with Crippen molar-refractivity contribution < 1.29 is 19.0 Å². The van der Waals surface area contributed by atoms with Gasteiger partial charge in [0, 0.05) is 25.1 Å². The van der Waals surface area contributed by atoms with Crippen molar-refractivity contribution >= 4 is 11.5 Å². The Balaban J connectivity index is 2.95. The second kappa shape index (κ2) is 6.74. The van der Waals surface area contributed by atoms with E-state index in [1.807, 2.05) is 0 Å². The summed E-state index contributed by atoms with van der Waals surface area (Å²) in [7, 11) is 4.73. The van der Waals surface area contributed by atoms with Crippen LogP contribution in [0.15, 0.2) is 12.1 Å². The van der Waals surface area contributed by atoms with Gasteiger partial charge < -0.3 is 19.5 Å². The maximum absolute atomic E-state index is 10.9. The van der Waals surface area contributed by atoms with Gasteiger partial charge in [0.15, 0.2) is 0 Å². The predicted octanol–water partition coefficient (Wildman–Crippen LogP) is 2.10. The Morgan fingerprint density at radius 1 is 1.11 bits per heavy atom. The lowest BCUT2D eigenvalue weighted by atomic mass is 10.2. The highest BCUT2D eigenvalue weighted by atomic mass is 16.5. The van der Waals surface area contributed by atoms with Crippen molar-refractivity contribution in [3.8, 4) is 17.2 Å². The molecule has 5 nitrogen and oxygen atoms in total. The minimum absolute atomic E-state index is 0.133. The molecule has 0 saturated heterocycles. The number of Topliss-reactive ketones (excluding diaryl/α,β-unsaturated/α-hetero) is 1. The van der Waals surface area contributed by atoms with Crippen LogP contribution < -0.4 is 19.5 Å². The van der Waals surface area contributed by atoms with Crippen LogP contribution >= 0.6 is 0 Å². The van der Waals surface area contributed by atoms with Crippen LogP contribution in [-0.2, 0) is 4.79 Å². The SMILES string of the molecule is COc1cc(OC)c(NCCC(C)=O)c(OC)c1. The van der Waals surface area contributed by atoms with Crippen molar-refractivity contribution in [3.63, 3.8) is 0 Å². The van der Waals surface area contributed by atoms with E-state index in [1.54, 1.807) is 40.4 Å². The second-order valence-electron chi connectivity index (χ2n) is 3.79. The zero-order valence-electron chi connectivity index (χ0n) is 11.2. The summed E-state index contributed by atoms with van der Waals surface area (Å²) < 4.78 is 15.7. The number of hydrogen-bond donors (Lipinski definition) is 1. The lowest BCUT2D eigenvalue weighted by Gasteiger charge is -2.16. The maximum Gasteiger partial charge on any atom is 0.149 e. The van der Waals surface area contributed by atoms with Gasteiger partial charge in [-0.2, -0.15) is 0 Å². The lowest BCUT2D eigenvalue weighted by Crippen LogP contribution is -2.08. The van der Waals surface area contributed by atoms with Crippen LogP contribution in [0, 0.1) is 0 Å². The minimum atomic E-state index is 0.133. The molecule has 100 valence electrons. The van der Waals surface area contributed by atoms with Gasteiger partial charge in [-0.05, 0) is 6.92 Å². The van der Waals surface area contributed by atoms with Crippen LogP contribution in [0.25, 0.3) is 0 Å². The Morgan fingerprint density at radius 2 is 1.67 bits per heavy atom. The van der Waals surface area contributed by atoms with Crippen LogP contribution in [0.2, 0.25) is 0 Å². The van der Waals surface area contributed by atoms with Crippen molar-refractivity contribution in [2.75, 3.05) is 33.2 Å².